The molecular weight excluding hydrogens is 284 g/mol. The molecule has 2 N–H and O–H groups in total. The predicted octanol–water partition coefficient (Wildman–Crippen LogP) is 0.797. The number of methoxy groups -OCH3 is 1. The van der Waals surface area contributed by atoms with Gasteiger partial charge in [0.1, 0.15) is 5.75 Å². The number of carbonyl (C=O) groups excluding carboxylic acids is 2. The molecule has 120 valence electrons. The van der Waals surface area contributed by atoms with Gasteiger partial charge in [-0.1, -0.05) is 0 Å². The molecule has 1 fully saturated rings. The second kappa shape index (κ2) is 7.26. The highest BCUT2D eigenvalue weighted by atomic mass is 16.5. The number of nitrogens with one attached hydrogen (secondary N) is 1. The van der Waals surface area contributed by atoms with Crippen LogP contribution in [0.15, 0.2) is 24.3 Å². The summed E-state index contributed by atoms with van der Waals surface area (Å²) in [4.78, 5) is 25.4. The molecule has 0 spiro atoms. The minimum absolute atomic E-state index is 0.0710. The van der Waals surface area contributed by atoms with E-state index in [0.29, 0.717) is 37.2 Å². The number of hydrogen-bond acceptors (Lipinski definition) is 4. The van der Waals surface area contributed by atoms with Gasteiger partial charge >= 0.3 is 0 Å². The van der Waals surface area contributed by atoms with Crippen LogP contribution in [-0.2, 0) is 4.79 Å². The van der Waals surface area contributed by atoms with Crippen molar-refractivity contribution in [2.75, 3.05) is 20.2 Å². The molecule has 22 heavy (non-hydrogen) atoms. The van der Waals surface area contributed by atoms with Crippen LogP contribution in [-0.4, -0.2) is 54.2 Å². The van der Waals surface area contributed by atoms with E-state index in [1.54, 1.807) is 36.3 Å². The minimum atomic E-state index is -0.627. The van der Waals surface area contributed by atoms with Crippen LogP contribution in [0.3, 0.4) is 0 Å². The molecule has 0 radical (unpaired) electrons. The SMILES string of the molecule is COc1ccc(C(=O)N2CC[C@H](NC(C)=O)[C@@H](O)CC2)cc1. The molecule has 6 heteroatoms. The van der Waals surface area contributed by atoms with Gasteiger partial charge in [-0.3, -0.25) is 9.59 Å². The first kappa shape index (κ1) is 16.3. The number of likely N-dealkylation sites (tertiary alicyclic amines) is 1. The maximum absolute atomic E-state index is 12.5. The van der Waals surface area contributed by atoms with E-state index in [-0.39, 0.29) is 17.9 Å². The number of nitrogens with zero attached hydrogens (tertiary/aromatic N) is 1. The molecule has 1 heterocycles. The first-order valence-corrected chi connectivity index (χ1v) is 7.39. The Morgan fingerprint density at radius 3 is 2.45 bits per heavy atom. The highest BCUT2D eigenvalue weighted by Gasteiger charge is 2.27. The fourth-order valence-electron chi connectivity index (χ4n) is 2.64. The monoisotopic (exact) mass is 306 g/mol. The zero-order chi connectivity index (χ0) is 16.1. The van der Waals surface area contributed by atoms with Gasteiger partial charge in [0.2, 0.25) is 5.91 Å². The fraction of sp³-hybridized carbons (Fsp3) is 0.500. The first-order valence-electron chi connectivity index (χ1n) is 7.39. The van der Waals surface area contributed by atoms with E-state index >= 15 is 0 Å². The van der Waals surface area contributed by atoms with Gasteiger partial charge in [-0.05, 0) is 37.1 Å². The highest BCUT2D eigenvalue weighted by molar-refractivity contribution is 5.94. The van der Waals surface area contributed by atoms with E-state index < -0.39 is 6.10 Å². The number of carbonyl (C=O) groups is 2. The normalized spacial score (nSPS) is 21.9. The van der Waals surface area contributed by atoms with Gasteiger partial charge in [0.05, 0.1) is 19.3 Å². The summed E-state index contributed by atoms with van der Waals surface area (Å²) < 4.78 is 5.08. The van der Waals surface area contributed by atoms with Gasteiger partial charge in [-0.25, -0.2) is 0 Å². The summed E-state index contributed by atoms with van der Waals surface area (Å²) >= 11 is 0. The number of ether oxygens (including phenoxy) is 1. The number of amides is 2. The zero-order valence-corrected chi connectivity index (χ0v) is 12.9. The quantitative estimate of drug-likeness (QED) is 0.865. The molecule has 0 bridgehead atoms. The topological polar surface area (TPSA) is 78.9 Å². The lowest BCUT2D eigenvalue weighted by Gasteiger charge is -2.21. The van der Waals surface area contributed by atoms with Gasteiger partial charge in [-0.15, -0.1) is 0 Å². The third kappa shape index (κ3) is 3.98. The fourth-order valence-corrected chi connectivity index (χ4v) is 2.64. The molecule has 1 saturated heterocycles. The Balaban J connectivity index is 2.02. The second-order valence-electron chi connectivity index (χ2n) is 5.47. The summed E-state index contributed by atoms with van der Waals surface area (Å²) in [7, 11) is 1.58. The van der Waals surface area contributed by atoms with Gasteiger partial charge in [0.25, 0.3) is 5.91 Å². The minimum Gasteiger partial charge on any atom is -0.497 e. The molecule has 2 amide bonds. The van der Waals surface area contributed by atoms with Crippen molar-refractivity contribution in [3.63, 3.8) is 0 Å². The summed E-state index contributed by atoms with van der Waals surface area (Å²) in [6, 6.07) is 6.66. The molecule has 1 aliphatic rings. The third-order valence-corrected chi connectivity index (χ3v) is 3.88. The summed E-state index contributed by atoms with van der Waals surface area (Å²) in [6.45, 7) is 2.41. The summed E-state index contributed by atoms with van der Waals surface area (Å²) in [5, 5.41) is 12.8. The Hall–Kier alpha value is -2.08. The second-order valence-corrected chi connectivity index (χ2v) is 5.47. The number of aliphatic hydroxyl groups excluding tert-OH is 1. The van der Waals surface area contributed by atoms with E-state index in [4.69, 9.17) is 4.74 Å². The molecule has 0 saturated carbocycles. The van der Waals surface area contributed by atoms with E-state index in [2.05, 4.69) is 5.32 Å². The molecule has 1 aromatic rings. The van der Waals surface area contributed by atoms with Crippen molar-refractivity contribution in [2.24, 2.45) is 0 Å². The molecule has 1 aliphatic heterocycles. The lowest BCUT2D eigenvalue weighted by atomic mass is 10.1. The Kier molecular flexibility index (Phi) is 5.38. The third-order valence-electron chi connectivity index (χ3n) is 3.88. The molecule has 0 aromatic heterocycles. The van der Waals surface area contributed by atoms with E-state index in [1.165, 1.54) is 6.92 Å². The summed E-state index contributed by atoms with van der Waals surface area (Å²) in [6.07, 6.45) is 0.368. The van der Waals surface area contributed by atoms with Crippen molar-refractivity contribution >= 4 is 11.8 Å². The van der Waals surface area contributed by atoms with Crippen LogP contribution in [0.4, 0.5) is 0 Å². The van der Waals surface area contributed by atoms with Crippen LogP contribution in [0.2, 0.25) is 0 Å². The van der Waals surface area contributed by atoms with Gasteiger partial charge in [0.15, 0.2) is 0 Å². The van der Waals surface area contributed by atoms with Crippen LogP contribution in [0, 0.1) is 0 Å². The van der Waals surface area contributed by atoms with Crippen LogP contribution >= 0.6 is 0 Å². The smallest absolute Gasteiger partial charge is 0.253 e. The number of hydrogen-bond donors (Lipinski definition) is 2. The summed E-state index contributed by atoms with van der Waals surface area (Å²) in [5.41, 5.74) is 0.591. The molecular formula is C16H22N2O4. The van der Waals surface area contributed by atoms with Crippen LogP contribution in [0.25, 0.3) is 0 Å². The Morgan fingerprint density at radius 2 is 1.86 bits per heavy atom. The molecule has 0 unspecified atom stereocenters. The molecule has 0 aliphatic carbocycles. The Bertz CT molecular complexity index is 529. The number of benzene rings is 1. The molecule has 1 aromatic carbocycles. The lowest BCUT2D eigenvalue weighted by Crippen LogP contribution is -2.42. The van der Waals surface area contributed by atoms with E-state index in [9.17, 15) is 14.7 Å². The number of rotatable bonds is 3. The first-order chi connectivity index (χ1) is 10.5. The van der Waals surface area contributed by atoms with Crippen molar-refractivity contribution in [3.05, 3.63) is 29.8 Å². The Morgan fingerprint density at radius 1 is 1.23 bits per heavy atom. The van der Waals surface area contributed by atoms with Gasteiger partial charge < -0.3 is 20.1 Å². The zero-order valence-electron chi connectivity index (χ0n) is 12.9. The maximum Gasteiger partial charge on any atom is 0.253 e. The number of aliphatic hydroxyl groups is 1. The van der Waals surface area contributed by atoms with Crippen LogP contribution in [0.1, 0.15) is 30.1 Å². The van der Waals surface area contributed by atoms with Gasteiger partial charge in [0, 0.05) is 25.6 Å². The average molecular weight is 306 g/mol. The lowest BCUT2D eigenvalue weighted by molar-refractivity contribution is -0.120. The van der Waals surface area contributed by atoms with E-state index in [0.717, 1.165) is 0 Å². The Labute approximate surface area is 130 Å². The van der Waals surface area contributed by atoms with Crippen molar-refractivity contribution in [1.29, 1.82) is 0 Å². The van der Waals surface area contributed by atoms with Crippen molar-refractivity contribution < 1.29 is 19.4 Å². The molecule has 2 rings (SSSR count). The van der Waals surface area contributed by atoms with Crippen LogP contribution < -0.4 is 10.1 Å². The molecule has 6 nitrogen and oxygen atoms in total. The van der Waals surface area contributed by atoms with Crippen molar-refractivity contribution in [2.45, 2.75) is 31.9 Å². The van der Waals surface area contributed by atoms with E-state index in [1.807, 2.05) is 0 Å². The van der Waals surface area contributed by atoms with Gasteiger partial charge in [-0.2, -0.15) is 0 Å². The standard InChI is InChI=1S/C16H22N2O4/c1-11(19)17-14-7-9-18(10-8-15(14)20)16(21)12-3-5-13(22-2)6-4-12/h3-6,14-15,20H,7-10H2,1-2H3,(H,17,19)/t14-,15-/m0/s1. The van der Waals surface area contributed by atoms with Crippen LogP contribution in [0.5, 0.6) is 5.75 Å². The predicted molar refractivity (Wildman–Crippen MR) is 81.7 cm³/mol. The molecule has 2 atom stereocenters. The van der Waals surface area contributed by atoms with Crippen molar-refractivity contribution in [3.8, 4) is 5.75 Å². The average Bonchev–Trinajstić information content (AvgIpc) is 2.69. The van der Waals surface area contributed by atoms with Crippen molar-refractivity contribution in [1.82, 2.24) is 10.2 Å². The largest absolute Gasteiger partial charge is 0.497 e. The highest BCUT2D eigenvalue weighted by Crippen LogP contribution is 2.17. The maximum atomic E-state index is 12.5. The summed E-state index contributed by atoms with van der Waals surface area (Å²) in [5.74, 6) is 0.464.